The number of hydrogen-bond donors (Lipinski definition) is 1. The predicted molar refractivity (Wildman–Crippen MR) is 59.0 cm³/mol. The maximum absolute atomic E-state index is 11.8. The molecule has 1 aliphatic rings. The van der Waals surface area contributed by atoms with Crippen molar-refractivity contribution < 1.29 is 9.90 Å². The van der Waals surface area contributed by atoms with Crippen molar-refractivity contribution in [2.24, 2.45) is 5.41 Å². The second-order valence-electron chi connectivity index (χ2n) is 5.48. The smallest absolute Gasteiger partial charge is 0.238 e. The van der Waals surface area contributed by atoms with Gasteiger partial charge in [0, 0.05) is 19.5 Å². The molecule has 4 nitrogen and oxygen atoms in total. The highest BCUT2D eigenvalue weighted by atomic mass is 16.3. The lowest BCUT2D eigenvalue weighted by molar-refractivity contribution is -0.140. The summed E-state index contributed by atoms with van der Waals surface area (Å²) in [4.78, 5) is 11.8. The predicted octanol–water partition coefficient (Wildman–Crippen LogP) is 0.861. The van der Waals surface area contributed by atoms with E-state index in [-0.39, 0.29) is 17.4 Å². The molecule has 4 heteroatoms. The molecule has 0 saturated carbocycles. The first kappa shape index (κ1) is 12.5. The van der Waals surface area contributed by atoms with Crippen molar-refractivity contribution in [3.05, 3.63) is 0 Å². The van der Waals surface area contributed by atoms with Crippen molar-refractivity contribution in [2.75, 3.05) is 13.6 Å². The zero-order valence-corrected chi connectivity index (χ0v) is 10.3. The normalized spacial score (nSPS) is 26.1. The largest absolute Gasteiger partial charge is 0.392 e. The number of hydrogen-bond acceptors (Lipinski definition) is 3. The molecule has 0 aromatic rings. The molecule has 1 N–H and O–H groups in total. The van der Waals surface area contributed by atoms with E-state index in [0.717, 1.165) is 0 Å². The number of aliphatic hydroxyl groups excluding tert-OH is 1. The summed E-state index contributed by atoms with van der Waals surface area (Å²) in [7, 11) is 1.92. The Morgan fingerprint density at radius 1 is 1.53 bits per heavy atom. The number of nitrogens with zero attached hydrogens (tertiary/aromatic N) is 2. The fourth-order valence-corrected chi connectivity index (χ4v) is 2.09. The van der Waals surface area contributed by atoms with Gasteiger partial charge in [0.05, 0.1) is 12.6 Å². The maximum Gasteiger partial charge on any atom is 0.238 e. The van der Waals surface area contributed by atoms with Crippen LogP contribution in [-0.4, -0.2) is 46.8 Å². The molecule has 1 fully saturated rings. The van der Waals surface area contributed by atoms with Crippen molar-refractivity contribution in [3.8, 4) is 0 Å². The van der Waals surface area contributed by atoms with E-state index in [1.165, 1.54) is 0 Å². The van der Waals surface area contributed by atoms with E-state index in [1.807, 2.05) is 12.1 Å². The van der Waals surface area contributed by atoms with Gasteiger partial charge >= 0.3 is 0 Å². The van der Waals surface area contributed by atoms with Crippen LogP contribution in [0.1, 0.15) is 34.1 Å². The highest BCUT2D eigenvalue weighted by Crippen LogP contribution is 2.32. The Hall–Kier alpha value is -0.610. The summed E-state index contributed by atoms with van der Waals surface area (Å²) in [5.41, 5.74) is 0.0812. The molecule has 1 saturated heterocycles. The molecular weight excluding hydrogens is 192 g/mol. The van der Waals surface area contributed by atoms with Crippen LogP contribution in [0.2, 0.25) is 0 Å². The summed E-state index contributed by atoms with van der Waals surface area (Å²) in [6, 6.07) is 0.226. The van der Waals surface area contributed by atoms with Gasteiger partial charge in [0.25, 0.3) is 0 Å². The van der Waals surface area contributed by atoms with E-state index >= 15 is 0 Å². The molecule has 1 rings (SSSR count). The van der Waals surface area contributed by atoms with Gasteiger partial charge in [-0.2, -0.15) is 0 Å². The third-order valence-electron chi connectivity index (χ3n) is 2.92. The average Bonchev–Trinajstić information content (AvgIpc) is 2.30. The lowest BCUT2D eigenvalue weighted by atomic mass is 9.85. The van der Waals surface area contributed by atoms with E-state index in [9.17, 15) is 9.90 Å². The Morgan fingerprint density at radius 2 is 2.07 bits per heavy atom. The van der Waals surface area contributed by atoms with Crippen LogP contribution in [0.5, 0.6) is 0 Å². The average molecular weight is 214 g/mol. The first-order valence-corrected chi connectivity index (χ1v) is 5.44. The summed E-state index contributed by atoms with van der Waals surface area (Å²) in [6.45, 7) is 8.49. The molecule has 15 heavy (non-hydrogen) atoms. The fraction of sp³-hybridized carbons (Fsp3) is 0.909. The Labute approximate surface area is 91.8 Å². The third kappa shape index (κ3) is 2.69. The molecule has 0 aliphatic carbocycles. The number of β-amino-alcohol motifs (C(OH)–C–C–N with tert-alkyl or cyclic N) is 1. The second kappa shape index (κ2) is 4.10. The van der Waals surface area contributed by atoms with Gasteiger partial charge in [-0.1, -0.05) is 20.8 Å². The standard InChI is InChI=1S/C11H22N2O2/c1-8(14)7-13-10(15)6-9(12(13)5)11(2,3)4/h8-9,14H,6-7H2,1-5H3. The molecule has 0 aromatic carbocycles. The van der Waals surface area contributed by atoms with Gasteiger partial charge in [0.15, 0.2) is 0 Å². The van der Waals surface area contributed by atoms with E-state index in [2.05, 4.69) is 20.8 Å². The van der Waals surface area contributed by atoms with Crippen LogP contribution >= 0.6 is 0 Å². The van der Waals surface area contributed by atoms with Gasteiger partial charge in [-0.25, -0.2) is 5.01 Å². The summed E-state index contributed by atoms with van der Waals surface area (Å²) in [5, 5.41) is 12.9. The van der Waals surface area contributed by atoms with Gasteiger partial charge in [-0.3, -0.25) is 9.80 Å². The van der Waals surface area contributed by atoms with Crippen LogP contribution in [0.3, 0.4) is 0 Å². The Bertz CT molecular complexity index is 245. The minimum atomic E-state index is -0.477. The van der Waals surface area contributed by atoms with Crippen molar-refractivity contribution in [3.63, 3.8) is 0 Å². The number of aliphatic hydroxyl groups is 1. The highest BCUT2D eigenvalue weighted by molar-refractivity contribution is 5.78. The van der Waals surface area contributed by atoms with Gasteiger partial charge in [0.2, 0.25) is 5.91 Å². The number of carbonyl (C=O) groups excluding carboxylic acids is 1. The molecule has 0 aromatic heterocycles. The third-order valence-corrected chi connectivity index (χ3v) is 2.92. The fourth-order valence-electron chi connectivity index (χ4n) is 2.09. The Balaban J connectivity index is 2.75. The quantitative estimate of drug-likeness (QED) is 0.741. The van der Waals surface area contributed by atoms with Crippen LogP contribution in [0, 0.1) is 5.41 Å². The van der Waals surface area contributed by atoms with Crippen LogP contribution in [0.4, 0.5) is 0 Å². The molecule has 88 valence electrons. The molecule has 2 atom stereocenters. The lowest BCUT2D eigenvalue weighted by Crippen LogP contribution is -2.46. The molecule has 1 heterocycles. The van der Waals surface area contributed by atoms with Crippen LogP contribution in [0.15, 0.2) is 0 Å². The topological polar surface area (TPSA) is 43.8 Å². The first-order valence-electron chi connectivity index (χ1n) is 5.44. The van der Waals surface area contributed by atoms with Crippen LogP contribution in [0.25, 0.3) is 0 Å². The summed E-state index contributed by atoms with van der Waals surface area (Å²) in [6.07, 6.45) is 0.0716. The summed E-state index contributed by atoms with van der Waals surface area (Å²) >= 11 is 0. The SMILES string of the molecule is CC(O)CN1C(=O)CC(C(C)(C)C)N1C. The molecular formula is C11H22N2O2. The molecule has 0 radical (unpaired) electrons. The summed E-state index contributed by atoms with van der Waals surface area (Å²) in [5.74, 6) is 0.110. The Morgan fingerprint density at radius 3 is 2.40 bits per heavy atom. The minimum absolute atomic E-state index is 0.0812. The summed E-state index contributed by atoms with van der Waals surface area (Å²) < 4.78 is 0. The second-order valence-corrected chi connectivity index (χ2v) is 5.48. The van der Waals surface area contributed by atoms with Crippen LogP contribution < -0.4 is 0 Å². The van der Waals surface area contributed by atoms with Gasteiger partial charge in [-0.15, -0.1) is 0 Å². The first-order chi connectivity index (χ1) is 6.73. The zero-order valence-electron chi connectivity index (χ0n) is 10.3. The molecule has 1 amide bonds. The van der Waals surface area contributed by atoms with Crippen molar-refractivity contribution in [2.45, 2.75) is 46.3 Å². The van der Waals surface area contributed by atoms with Crippen LogP contribution in [-0.2, 0) is 4.79 Å². The number of rotatable bonds is 2. The van der Waals surface area contributed by atoms with Crippen molar-refractivity contribution in [1.82, 2.24) is 10.0 Å². The van der Waals surface area contributed by atoms with Crippen molar-refractivity contribution >= 4 is 5.91 Å². The monoisotopic (exact) mass is 214 g/mol. The van der Waals surface area contributed by atoms with E-state index in [0.29, 0.717) is 13.0 Å². The molecule has 2 unspecified atom stereocenters. The van der Waals surface area contributed by atoms with Gasteiger partial charge in [-0.05, 0) is 12.3 Å². The molecule has 0 bridgehead atoms. The number of amides is 1. The van der Waals surface area contributed by atoms with Gasteiger partial charge < -0.3 is 5.11 Å². The maximum atomic E-state index is 11.8. The molecule has 0 spiro atoms. The lowest BCUT2D eigenvalue weighted by Gasteiger charge is -2.35. The molecule has 1 aliphatic heterocycles. The minimum Gasteiger partial charge on any atom is -0.392 e. The van der Waals surface area contributed by atoms with E-state index in [4.69, 9.17) is 0 Å². The zero-order chi connectivity index (χ0) is 11.8. The van der Waals surface area contributed by atoms with E-state index < -0.39 is 6.10 Å². The number of carbonyl (C=O) groups is 1. The van der Waals surface area contributed by atoms with E-state index in [1.54, 1.807) is 11.9 Å². The Kier molecular flexibility index (Phi) is 3.41. The van der Waals surface area contributed by atoms with Crippen molar-refractivity contribution in [1.29, 1.82) is 0 Å². The van der Waals surface area contributed by atoms with Gasteiger partial charge in [0.1, 0.15) is 0 Å². The highest BCUT2D eigenvalue weighted by Gasteiger charge is 2.41. The number of hydrazine groups is 1.